The molecule has 21 heavy (non-hydrogen) atoms. The fourth-order valence-electron chi connectivity index (χ4n) is 2.21. The smallest absolute Gasteiger partial charge is 0.270 e. The molecule has 1 N–H and O–H groups in total. The first-order chi connectivity index (χ1) is 10.2. The fraction of sp³-hybridized carbons (Fsp3) is 0.429. The van der Waals surface area contributed by atoms with Crippen LogP contribution in [0.15, 0.2) is 22.9 Å². The van der Waals surface area contributed by atoms with Gasteiger partial charge in [0.1, 0.15) is 11.8 Å². The van der Waals surface area contributed by atoms with E-state index in [1.54, 1.807) is 12.3 Å². The zero-order chi connectivity index (χ0) is 14.7. The van der Waals surface area contributed by atoms with Crippen molar-refractivity contribution in [3.8, 4) is 0 Å². The summed E-state index contributed by atoms with van der Waals surface area (Å²) in [7, 11) is 0. The van der Waals surface area contributed by atoms with Crippen molar-refractivity contribution >= 4 is 5.91 Å². The first-order valence-corrected chi connectivity index (χ1v) is 6.88. The average Bonchev–Trinajstić information content (AvgIpc) is 3.16. The van der Waals surface area contributed by atoms with Crippen LogP contribution in [0.3, 0.4) is 0 Å². The zero-order valence-electron chi connectivity index (χ0n) is 11.7. The second kappa shape index (κ2) is 6.01. The lowest BCUT2D eigenvalue weighted by Crippen LogP contribution is -2.25. The van der Waals surface area contributed by atoms with E-state index in [-0.39, 0.29) is 18.6 Å². The van der Waals surface area contributed by atoms with E-state index in [1.807, 2.05) is 13.0 Å². The van der Waals surface area contributed by atoms with Crippen LogP contribution in [0.4, 0.5) is 0 Å². The van der Waals surface area contributed by atoms with Crippen molar-refractivity contribution in [1.82, 2.24) is 20.4 Å². The molecule has 1 aliphatic rings. The molecule has 2 aromatic heterocycles. The van der Waals surface area contributed by atoms with Crippen molar-refractivity contribution in [2.45, 2.75) is 32.4 Å². The number of aryl methyl sites for hydroxylation is 1. The maximum absolute atomic E-state index is 12.0. The molecule has 3 rings (SSSR count). The van der Waals surface area contributed by atoms with Gasteiger partial charge in [0.15, 0.2) is 5.82 Å². The molecule has 1 fully saturated rings. The van der Waals surface area contributed by atoms with Gasteiger partial charge in [-0.15, -0.1) is 0 Å². The highest BCUT2D eigenvalue weighted by Gasteiger charge is 2.24. The maximum Gasteiger partial charge on any atom is 0.270 e. The number of nitrogens with zero attached hydrogens (tertiary/aromatic N) is 3. The van der Waals surface area contributed by atoms with Gasteiger partial charge in [0, 0.05) is 12.8 Å². The Morgan fingerprint density at radius 1 is 1.52 bits per heavy atom. The minimum Gasteiger partial charge on any atom is -0.368 e. The van der Waals surface area contributed by atoms with E-state index in [0.29, 0.717) is 17.4 Å². The predicted molar refractivity (Wildman–Crippen MR) is 72.4 cm³/mol. The Morgan fingerprint density at radius 3 is 3.19 bits per heavy atom. The monoisotopic (exact) mass is 288 g/mol. The van der Waals surface area contributed by atoms with Crippen LogP contribution >= 0.6 is 0 Å². The van der Waals surface area contributed by atoms with Crippen LogP contribution in [0.5, 0.6) is 0 Å². The van der Waals surface area contributed by atoms with Crippen molar-refractivity contribution in [2.75, 3.05) is 6.61 Å². The lowest BCUT2D eigenvalue weighted by Gasteiger charge is -2.04. The van der Waals surface area contributed by atoms with Gasteiger partial charge in [-0.1, -0.05) is 11.2 Å². The minimum atomic E-state index is -0.253. The highest BCUT2D eigenvalue weighted by molar-refractivity contribution is 5.93. The number of hydrogen-bond acceptors (Lipinski definition) is 6. The van der Waals surface area contributed by atoms with E-state index < -0.39 is 0 Å². The summed E-state index contributed by atoms with van der Waals surface area (Å²) in [6.07, 6.45) is 3.37. The van der Waals surface area contributed by atoms with Crippen molar-refractivity contribution in [3.05, 3.63) is 41.3 Å². The number of amides is 1. The van der Waals surface area contributed by atoms with E-state index >= 15 is 0 Å². The number of pyridine rings is 1. The van der Waals surface area contributed by atoms with Gasteiger partial charge in [0.2, 0.25) is 0 Å². The van der Waals surface area contributed by atoms with E-state index in [9.17, 15) is 4.79 Å². The maximum atomic E-state index is 12.0. The molecule has 7 heteroatoms. The molecule has 7 nitrogen and oxygen atoms in total. The first kappa shape index (κ1) is 13.7. The minimum absolute atomic E-state index is 0.111. The molecule has 110 valence electrons. The fourth-order valence-corrected chi connectivity index (χ4v) is 2.21. The normalized spacial score (nSPS) is 17.9. The topological polar surface area (TPSA) is 90.1 Å². The number of hydrogen-bond donors (Lipinski definition) is 1. The van der Waals surface area contributed by atoms with Crippen LogP contribution < -0.4 is 5.32 Å². The summed E-state index contributed by atoms with van der Waals surface area (Å²) in [5.74, 6) is 0.657. The van der Waals surface area contributed by atoms with Gasteiger partial charge in [-0.3, -0.25) is 9.78 Å². The first-order valence-electron chi connectivity index (χ1n) is 6.88. The van der Waals surface area contributed by atoms with Gasteiger partial charge in [0.25, 0.3) is 11.8 Å². The molecule has 0 aliphatic carbocycles. The number of rotatable bonds is 4. The molecule has 1 amide bonds. The lowest BCUT2D eigenvalue weighted by atomic mass is 10.2. The number of ether oxygens (including phenoxy) is 1. The highest BCUT2D eigenvalue weighted by Crippen LogP contribution is 2.26. The van der Waals surface area contributed by atoms with Crippen molar-refractivity contribution in [3.63, 3.8) is 0 Å². The Labute approximate surface area is 121 Å². The number of carbonyl (C=O) groups is 1. The van der Waals surface area contributed by atoms with E-state index in [4.69, 9.17) is 9.26 Å². The Hall–Kier alpha value is -2.28. The third kappa shape index (κ3) is 3.08. The number of nitrogens with one attached hydrogen (secondary N) is 1. The standard InChI is InChI=1S/C14H16N4O3/c1-9-4-2-6-15-12(9)13(19)16-8-11-17-14(21-18-11)10-5-3-7-20-10/h2,4,6,10H,3,5,7-8H2,1H3,(H,16,19). The van der Waals surface area contributed by atoms with E-state index in [2.05, 4.69) is 20.4 Å². The van der Waals surface area contributed by atoms with Crippen LogP contribution in [-0.4, -0.2) is 27.6 Å². The summed E-state index contributed by atoms with van der Waals surface area (Å²) in [6, 6.07) is 3.63. The molecular formula is C14H16N4O3. The van der Waals surface area contributed by atoms with Gasteiger partial charge in [-0.2, -0.15) is 4.98 Å². The molecule has 2 aromatic rings. The number of carbonyl (C=O) groups excluding carboxylic acids is 1. The highest BCUT2D eigenvalue weighted by atomic mass is 16.5. The van der Waals surface area contributed by atoms with Crippen molar-refractivity contribution in [2.24, 2.45) is 0 Å². The molecule has 0 saturated carbocycles. The van der Waals surface area contributed by atoms with Crippen molar-refractivity contribution in [1.29, 1.82) is 0 Å². The van der Waals surface area contributed by atoms with Gasteiger partial charge in [-0.25, -0.2) is 0 Å². The Kier molecular flexibility index (Phi) is 3.92. The zero-order valence-corrected chi connectivity index (χ0v) is 11.7. The van der Waals surface area contributed by atoms with Crippen molar-refractivity contribution < 1.29 is 14.1 Å². The SMILES string of the molecule is Cc1cccnc1C(=O)NCc1noc(C2CCCO2)n1. The van der Waals surface area contributed by atoms with Crippen LogP contribution in [0.2, 0.25) is 0 Å². The molecular weight excluding hydrogens is 272 g/mol. The summed E-state index contributed by atoms with van der Waals surface area (Å²) < 4.78 is 10.6. The molecule has 0 bridgehead atoms. The molecule has 1 unspecified atom stereocenters. The summed E-state index contributed by atoms with van der Waals surface area (Å²) >= 11 is 0. The van der Waals surface area contributed by atoms with Crippen LogP contribution in [0.25, 0.3) is 0 Å². The quantitative estimate of drug-likeness (QED) is 0.918. The van der Waals surface area contributed by atoms with E-state index in [1.165, 1.54) is 0 Å². The second-order valence-electron chi connectivity index (χ2n) is 4.90. The van der Waals surface area contributed by atoms with Crippen LogP contribution in [-0.2, 0) is 11.3 Å². The molecule has 0 radical (unpaired) electrons. The Morgan fingerprint density at radius 2 is 2.43 bits per heavy atom. The van der Waals surface area contributed by atoms with E-state index in [0.717, 1.165) is 25.0 Å². The second-order valence-corrected chi connectivity index (χ2v) is 4.90. The average molecular weight is 288 g/mol. The van der Waals surface area contributed by atoms with Gasteiger partial charge in [-0.05, 0) is 31.4 Å². The molecule has 0 aromatic carbocycles. The van der Waals surface area contributed by atoms with Gasteiger partial charge < -0.3 is 14.6 Å². The van der Waals surface area contributed by atoms with Gasteiger partial charge >= 0.3 is 0 Å². The molecule has 1 atom stereocenters. The summed E-state index contributed by atoms with van der Waals surface area (Å²) in [5, 5.41) is 6.58. The Balaban J connectivity index is 1.60. The molecule has 1 aliphatic heterocycles. The summed E-state index contributed by atoms with van der Waals surface area (Å²) in [4.78, 5) is 20.3. The molecule has 1 saturated heterocycles. The lowest BCUT2D eigenvalue weighted by molar-refractivity contribution is 0.0835. The Bertz CT molecular complexity index is 635. The summed E-state index contributed by atoms with van der Waals surface area (Å²) in [5.41, 5.74) is 1.23. The predicted octanol–water partition coefficient (Wildman–Crippen LogP) is 1.55. The summed E-state index contributed by atoms with van der Waals surface area (Å²) in [6.45, 7) is 2.76. The van der Waals surface area contributed by atoms with Gasteiger partial charge in [0.05, 0.1) is 6.54 Å². The largest absolute Gasteiger partial charge is 0.368 e. The number of aromatic nitrogens is 3. The third-order valence-corrected chi connectivity index (χ3v) is 3.32. The van der Waals surface area contributed by atoms with Crippen LogP contribution in [0, 0.1) is 6.92 Å². The van der Waals surface area contributed by atoms with Crippen LogP contribution in [0.1, 0.15) is 46.7 Å². The molecule has 0 spiro atoms. The molecule has 3 heterocycles. The third-order valence-electron chi connectivity index (χ3n) is 3.32.